The minimum Gasteiger partial charge on any atom is -0.389 e. The molecule has 0 spiro atoms. The third kappa shape index (κ3) is 2.07. The molecular weight excluding hydrogens is 160 g/mol. The van der Waals surface area contributed by atoms with Gasteiger partial charge in [-0.3, -0.25) is 0 Å². The van der Waals surface area contributed by atoms with E-state index in [0.717, 1.165) is 18.8 Å². The Morgan fingerprint density at radius 2 is 2.08 bits per heavy atom. The van der Waals surface area contributed by atoms with Crippen molar-refractivity contribution in [1.29, 1.82) is 0 Å². The number of hydrogen-bond donors (Lipinski definition) is 1. The molecule has 78 valence electrons. The molecule has 0 aliphatic heterocycles. The molecule has 1 aliphatic rings. The fourth-order valence-electron chi connectivity index (χ4n) is 2.74. The molecule has 0 aromatic rings. The highest BCUT2D eigenvalue weighted by molar-refractivity contribution is 4.92. The molecule has 1 N–H and O–H groups in total. The van der Waals surface area contributed by atoms with Gasteiger partial charge in [0.05, 0.1) is 5.60 Å². The molecular formula is C12H24O. The fourth-order valence-corrected chi connectivity index (χ4v) is 2.74. The summed E-state index contributed by atoms with van der Waals surface area (Å²) in [6.07, 6.45) is 4.49. The lowest BCUT2D eigenvalue weighted by molar-refractivity contribution is -0.0939. The first-order valence-electron chi connectivity index (χ1n) is 5.73. The molecule has 0 aromatic heterocycles. The topological polar surface area (TPSA) is 20.2 Å². The average molecular weight is 184 g/mol. The summed E-state index contributed by atoms with van der Waals surface area (Å²) in [6.45, 7) is 8.87. The first-order valence-corrected chi connectivity index (χ1v) is 5.73. The lowest BCUT2D eigenvalue weighted by Crippen LogP contribution is -2.46. The van der Waals surface area contributed by atoms with Crippen molar-refractivity contribution in [2.24, 2.45) is 17.8 Å². The van der Waals surface area contributed by atoms with Gasteiger partial charge in [0.15, 0.2) is 0 Å². The van der Waals surface area contributed by atoms with Crippen LogP contribution in [0.1, 0.15) is 53.4 Å². The summed E-state index contributed by atoms with van der Waals surface area (Å²) < 4.78 is 0. The maximum absolute atomic E-state index is 10.5. The first kappa shape index (κ1) is 11.0. The lowest BCUT2D eigenvalue weighted by Gasteiger charge is -2.44. The van der Waals surface area contributed by atoms with Gasteiger partial charge in [-0.05, 0) is 37.0 Å². The molecule has 0 heterocycles. The quantitative estimate of drug-likeness (QED) is 0.698. The minimum atomic E-state index is -0.374. The normalized spacial score (nSPS) is 43.2. The van der Waals surface area contributed by atoms with E-state index in [1.165, 1.54) is 12.8 Å². The summed E-state index contributed by atoms with van der Waals surface area (Å²) in [5.41, 5.74) is -0.374. The van der Waals surface area contributed by atoms with E-state index < -0.39 is 0 Å². The van der Waals surface area contributed by atoms with Gasteiger partial charge in [-0.2, -0.15) is 0 Å². The Kier molecular flexibility index (Phi) is 3.39. The van der Waals surface area contributed by atoms with E-state index in [0.29, 0.717) is 11.8 Å². The van der Waals surface area contributed by atoms with E-state index in [1.807, 2.05) is 0 Å². The molecule has 4 atom stereocenters. The van der Waals surface area contributed by atoms with Crippen LogP contribution in [0.3, 0.4) is 0 Å². The highest BCUT2D eigenvalue weighted by Gasteiger charge is 2.41. The van der Waals surface area contributed by atoms with E-state index in [2.05, 4.69) is 27.7 Å². The summed E-state index contributed by atoms with van der Waals surface area (Å²) in [5, 5.41) is 10.5. The summed E-state index contributed by atoms with van der Waals surface area (Å²) in [7, 11) is 0. The van der Waals surface area contributed by atoms with Crippen LogP contribution in [0.25, 0.3) is 0 Å². The second-order valence-electron chi connectivity index (χ2n) is 5.08. The van der Waals surface area contributed by atoms with Crippen molar-refractivity contribution in [3.8, 4) is 0 Å². The van der Waals surface area contributed by atoms with Gasteiger partial charge in [-0.1, -0.05) is 34.1 Å². The summed E-state index contributed by atoms with van der Waals surface area (Å²) >= 11 is 0. The van der Waals surface area contributed by atoms with Crippen molar-refractivity contribution >= 4 is 0 Å². The smallest absolute Gasteiger partial charge is 0.0698 e. The molecule has 1 heteroatoms. The van der Waals surface area contributed by atoms with Crippen LogP contribution in [-0.2, 0) is 0 Å². The Labute approximate surface area is 82.5 Å². The highest BCUT2D eigenvalue weighted by Crippen LogP contribution is 2.42. The maximum Gasteiger partial charge on any atom is 0.0698 e. The summed E-state index contributed by atoms with van der Waals surface area (Å²) in [4.78, 5) is 0. The van der Waals surface area contributed by atoms with E-state index in [-0.39, 0.29) is 5.60 Å². The highest BCUT2D eigenvalue weighted by atomic mass is 16.3. The Morgan fingerprint density at radius 3 is 2.54 bits per heavy atom. The van der Waals surface area contributed by atoms with Crippen molar-refractivity contribution in [3.05, 3.63) is 0 Å². The van der Waals surface area contributed by atoms with Gasteiger partial charge < -0.3 is 5.11 Å². The van der Waals surface area contributed by atoms with Gasteiger partial charge in [0.25, 0.3) is 0 Å². The maximum atomic E-state index is 10.5. The van der Waals surface area contributed by atoms with Crippen LogP contribution in [0.5, 0.6) is 0 Å². The number of aliphatic hydroxyl groups is 1. The lowest BCUT2D eigenvalue weighted by atomic mass is 9.66. The van der Waals surface area contributed by atoms with Crippen LogP contribution in [0.4, 0.5) is 0 Å². The van der Waals surface area contributed by atoms with Crippen molar-refractivity contribution in [2.45, 2.75) is 59.0 Å². The molecule has 0 radical (unpaired) electrons. The van der Waals surface area contributed by atoms with Gasteiger partial charge in [0, 0.05) is 0 Å². The standard InChI is InChI=1S/C12H24O/c1-5-10(3)12(13)7-6-9(2)8-11(12)4/h9-11,13H,5-8H2,1-4H3. The Bertz CT molecular complexity index is 167. The Hall–Kier alpha value is -0.0400. The third-order valence-electron chi connectivity index (χ3n) is 4.11. The molecule has 13 heavy (non-hydrogen) atoms. The molecule has 1 rings (SSSR count). The monoisotopic (exact) mass is 184 g/mol. The van der Waals surface area contributed by atoms with E-state index in [9.17, 15) is 5.11 Å². The first-order chi connectivity index (χ1) is 6.00. The number of rotatable bonds is 2. The molecule has 0 saturated heterocycles. The fraction of sp³-hybridized carbons (Fsp3) is 1.00. The van der Waals surface area contributed by atoms with Crippen LogP contribution in [-0.4, -0.2) is 10.7 Å². The Balaban J connectivity index is 2.67. The van der Waals surface area contributed by atoms with Crippen LogP contribution in [0.2, 0.25) is 0 Å². The zero-order valence-corrected chi connectivity index (χ0v) is 9.51. The van der Waals surface area contributed by atoms with E-state index in [1.54, 1.807) is 0 Å². The second-order valence-corrected chi connectivity index (χ2v) is 5.08. The van der Waals surface area contributed by atoms with Gasteiger partial charge in [0.2, 0.25) is 0 Å². The number of hydrogen-bond acceptors (Lipinski definition) is 1. The molecule has 0 amide bonds. The van der Waals surface area contributed by atoms with Crippen molar-refractivity contribution in [1.82, 2.24) is 0 Å². The molecule has 4 unspecified atom stereocenters. The zero-order valence-electron chi connectivity index (χ0n) is 9.51. The van der Waals surface area contributed by atoms with Gasteiger partial charge in [-0.15, -0.1) is 0 Å². The molecule has 1 nitrogen and oxygen atoms in total. The largest absolute Gasteiger partial charge is 0.389 e. The molecule has 1 saturated carbocycles. The van der Waals surface area contributed by atoms with Crippen LogP contribution in [0.15, 0.2) is 0 Å². The van der Waals surface area contributed by atoms with Gasteiger partial charge >= 0.3 is 0 Å². The summed E-state index contributed by atoms with van der Waals surface area (Å²) in [5.74, 6) is 1.74. The average Bonchev–Trinajstić information content (AvgIpc) is 2.11. The summed E-state index contributed by atoms with van der Waals surface area (Å²) in [6, 6.07) is 0. The molecule has 0 bridgehead atoms. The molecule has 1 aliphatic carbocycles. The van der Waals surface area contributed by atoms with Crippen LogP contribution < -0.4 is 0 Å². The molecule has 1 fully saturated rings. The van der Waals surface area contributed by atoms with Gasteiger partial charge in [-0.25, -0.2) is 0 Å². The van der Waals surface area contributed by atoms with Crippen molar-refractivity contribution in [2.75, 3.05) is 0 Å². The van der Waals surface area contributed by atoms with E-state index in [4.69, 9.17) is 0 Å². The Morgan fingerprint density at radius 1 is 1.46 bits per heavy atom. The predicted octanol–water partition coefficient (Wildman–Crippen LogP) is 3.22. The van der Waals surface area contributed by atoms with E-state index >= 15 is 0 Å². The van der Waals surface area contributed by atoms with Crippen molar-refractivity contribution < 1.29 is 5.11 Å². The third-order valence-corrected chi connectivity index (χ3v) is 4.11. The van der Waals surface area contributed by atoms with Crippen molar-refractivity contribution in [3.63, 3.8) is 0 Å². The SMILES string of the molecule is CCC(C)C1(O)CCC(C)CC1C. The van der Waals surface area contributed by atoms with Crippen LogP contribution >= 0.6 is 0 Å². The minimum absolute atomic E-state index is 0.374. The zero-order chi connectivity index (χ0) is 10.1. The van der Waals surface area contributed by atoms with Crippen LogP contribution in [0, 0.1) is 17.8 Å². The molecule has 0 aromatic carbocycles. The predicted molar refractivity (Wildman–Crippen MR) is 56.6 cm³/mol. The van der Waals surface area contributed by atoms with Gasteiger partial charge in [0.1, 0.15) is 0 Å². The second kappa shape index (κ2) is 4.00.